The third kappa shape index (κ3) is 9.36. The van der Waals surface area contributed by atoms with E-state index in [0.29, 0.717) is 36.8 Å². The Balaban J connectivity index is 0.000000198. The largest absolute Gasteiger partial charge is 0.384 e. The predicted molar refractivity (Wildman–Crippen MR) is 228 cm³/mol. The van der Waals surface area contributed by atoms with Gasteiger partial charge in [-0.05, 0) is 73.2 Å². The number of fused-ring (bicyclic) bond motifs is 2. The standard InChI is InChI=1S/C21H16Cl2F3N3O.C21H18ClF3N4O.C2H3N/c1-2-11-8-14(22)18(26)16(9-11)28-7-6-13-19(21(28)30)27-29(20(13)23)10-12-4-3-5-15(24)17(12)25;1-2-11-8-14(22)18(25)16(9-11)28-7-6-13-19(21(28)30)27-29(20(13)26)10-12-4-3-5-15(23)17(12)24;1-2-3/h3-5,8-9H,2,6-7,10H2,1H3;3-5,8-9H,2,6-7,10,26H2,1H3;1H3. The summed E-state index contributed by atoms with van der Waals surface area (Å²) in [7, 11) is 0. The molecule has 0 saturated heterocycles. The Morgan fingerprint density at radius 2 is 1.08 bits per heavy atom. The Morgan fingerprint density at radius 1 is 0.667 bits per heavy atom. The van der Waals surface area contributed by atoms with E-state index in [1.54, 1.807) is 18.2 Å². The van der Waals surface area contributed by atoms with Gasteiger partial charge in [-0.25, -0.2) is 35.7 Å². The Hall–Kier alpha value is -6.02. The number of nitrogens with two attached hydrogens (primary N) is 1. The quantitative estimate of drug-likeness (QED) is 0.152. The smallest absolute Gasteiger partial charge is 0.279 e. The van der Waals surface area contributed by atoms with Gasteiger partial charge >= 0.3 is 0 Å². The number of amides is 2. The molecule has 328 valence electrons. The highest BCUT2D eigenvalue weighted by Gasteiger charge is 2.35. The lowest BCUT2D eigenvalue weighted by molar-refractivity contribution is 0.0966. The Kier molecular flexibility index (Phi) is 14.4. The molecule has 0 radical (unpaired) electrons. The molecule has 0 fully saturated rings. The van der Waals surface area contributed by atoms with Crippen molar-refractivity contribution < 1.29 is 35.9 Å². The van der Waals surface area contributed by atoms with Crippen LogP contribution in [-0.2, 0) is 38.8 Å². The van der Waals surface area contributed by atoms with Gasteiger partial charge in [-0.3, -0.25) is 9.59 Å². The molecule has 2 aliphatic rings. The van der Waals surface area contributed by atoms with Crippen LogP contribution in [0.25, 0.3) is 0 Å². The first-order valence-electron chi connectivity index (χ1n) is 19.4. The van der Waals surface area contributed by atoms with Gasteiger partial charge in [0, 0.05) is 42.3 Å². The molecule has 0 bridgehead atoms. The van der Waals surface area contributed by atoms with Crippen LogP contribution >= 0.6 is 34.8 Å². The molecule has 0 aliphatic carbocycles. The van der Waals surface area contributed by atoms with Gasteiger partial charge in [0.05, 0.1) is 40.6 Å². The third-order valence-electron chi connectivity index (χ3n) is 10.4. The minimum absolute atomic E-state index is 0.0505. The highest BCUT2D eigenvalue weighted by Crippen LogP contribution is 2.35. The van der Waals surface area contributed by atoms with Crippen LogP contribution in [0.4, 0.5) is 43.5 Å². The molecule has 10 nitrogen and oxygen atoms in total. The highest BCUT2D eigenvalue weighted by molar-refractivity contribution is 6.32. The first kappa shape index (κ1) is 46.5. The maximum atomic E-state index is 14.7. The minimum atomic E-state index is -0.997. The minimum Gasteiger partial charge on any atom is -0.384 e. The summed E-state index contributed by atoms with van der Waals surface area (Å²) in [4.78, 5) is 28.7. The Labute approximate surface area is 373 Å². The van der Waals surface area contributed by atoms with Crippen LogP contribution < -0.4 is 15.5 Å². The SMILES string of the molecule is CC#N.CCc1cc(Cl)c(F)c(N2CCc3c(nn(Cc4cccc(F)c4F)c3Cl)C2=O)c1.CCc1cc(Cl)c(F)c(N2CCc3c(nn(Cc4cccc(F)c4F)c3N)C2=O)c1. The molecular formula is C44H37Cl3F6N8O2. The number of benzene rings is 4. The van der Waals surface area contributed by atoms with E-state index in [0.717, 1.165) is 23.3 Å². The number of nitriles is 1. The number of carbonyl (C=O) groups is 2. The molecule has 0 unspecified atom stereocenters. The van der Waals surface area contributed by atoms with E-state index < -0.39 is 46.7 Å². The number of hydrogen-bond acceptors (Lipinski definition) is 6. The number of nitrogen functional groups attached to an aromatic ring is 1. The van der Waals surface area contributed by atoms with Crippen LogP contribution in [0.15, 0.2) is 60.7 Å². The number of hydrogen-bond donors (Lipinski definition) is 1. The zero-order chi connectivity index (χ0) is 45.9. The topological polar surface area (TPSA) is 126 Å². The van der Waals surface area contributed by atoms with Gasteiger partial charge in [0.25, 0.3) is 11.8 Å². The number of carbonyl (C=O) groups excluding carboxylic acids is 2. The molecule has 2 amide bonds. The van der Waals surface area contributed by atoms with Crippen molar-refractivity contribution in [2.75, 3.05) is 28.6 Å². The van der Waals surface area contributed by atoms with E-state index in [1.807, 2.05) is 13.8 Å². The summed E-state index contributed by atoms with van der Waals surface area (Å²) in [6.45, 7) is 5.33. The molecule has 0 atom stereocenters. The van der Waals surface area contributed by atoms with Crippen molar-refractivity contribution in [3.8, 4) is 6.07 Å². The van der Waals surface area contributed by atoms with Gasteiger partial charge in [0.2, 0.25) is 0 Å². The number of aromatic nitrogens is 4. The second kappa shape index (κ2) is 19.6. The molecule has 4 aromatic carbocycles. The molecule has 2 aliphatic heterocycles. The Morgan fingerprint density at radius 3 is 1.54 bits per heavy atom. The molecular weight excluding hydrogens is 893 g/mol. The third-order valence-corrected chi connectivity index (χ3v) is 11.4. The van der Waals surface area contributed by atoms with Crippen LogP contribution in [0.2, 0.25) is 15.2 Å². The molecule has 4 heterocycles. The number of nitrogens with zero attached hydrogens (tertiary/aromatic N) is 7. The number of aryl methyl sites for hydroxylation is 2. The maximum Gasteiger partial charge on any atom is 0.279 e. The normalized spacial score (nSPS) is 13.1. The van der Waals surface area contributed by atoms with Crippen LogP contribution in [0.1, 0.15) is 75.1 Å². The zero-order valence-electron chi connectivity index (χ0n) is 33.9. The highest BCUT2D eigenvalue weighted by atomic mass is 35.5. The first-order chi connectivity index (χ1) is 30.0. The lowest BCUT2D eigenvalue weighted by Crippen LogP contribution is -2.38. The second-order valence-corrected chi connectivity index (χ2v) is 15.4. The maximum absolute atomic E-state index is 14.7. The molecule has 0 spiro atoms. The lowest BCUT2D eigenvalue weighted by Gasteiger charge is -2.27. The molecule has 63 heavy (non-hydrogen) atoms. The van der Waals surface area contributed by atoms with Gasteiger partial charge in [0.1, 0.15) is 11.0 Å². The van der Waals surface area contributed by atoms with Crippen LogP contribution in [0.3, 0.4) is 0 Å². The fourth-order valence-corrected chi connectivity index (χ4v) is 7.87. The van der Waals surface area contributed by atoms with Crippen LogP contribution in [-0.4, -0.2) is 44.5 Å². The predicted octanol–water partition coefficient (Wildman–Crippen LogP) is 10.3. The van der Waals surface area contributed by atoms with Crippen molar-refractivity contribution in [2.24, 2.45) is 0 Å². The molecule has 0 saturated carbocycles. The molecule has 2 aromatic heterocycles. The summed E-state index contributed by atoms with van der Waals surface area (Å²) in [5.41, 5.74) is 9.10. The number of anilines is 3. The van der Waals surface area contributed by atoms with Crippen LogP contribution in [0, 0.1) is 46.2 Å². The average molecular weight is 930 g/mol. The number of rotatable bonds is 8. The van der Waals surface area contributed by atoms with Crippen molar-refractivity contribution in [2.45, 2.75) is 59.5 Å². The van der Waals surface area contributed by atoms with Crippen molar-refractivity contribution in [3.05, 3.63) is 156 Å². The van der Waals surface area contributed by atoms with Crippen molar-refractivity contribution in [1.29, 1.82) is 5.26 Å². The van der Waals surface area contributed by atoms with Crippen molar-refractivity contribution in [1.82, 2.24) is 19.6 Å². The average Bonchev–Trinajstić information content (AvgIpc) is 3.76. The van der Waals surface area contributed by atoms with E-state index in [1.165, 1.54) is 62.5 Å². The molecule has 2 N–H and O–H groups in total. The summed E-state index contributed by atoms with van der Waals surface area (Å²) in [6, 6.07) is 15.6. The second-order valence-electron chi connectivity index (χ2n) is 14.2. The molecule has 8 rings (SSSR count). The Bertz CT molecular complexity index is 2610. The van der Waals surface area contributed by atoms with E-state index in [2.05, 4.69) is 10.2 Å². The summed E-state index contributed by atoms with van der Waals surface area (Å²) in [5, 5.41) is 15.8. The summed E-state index contributed by atoms with van der Waals surface area (Å²) in [5.74, 6) is -6.17. The van der Waals surface area contributed by atoms with Crippen LogP contribution in [0.5, 0.6) is 0 Å². The lowest BCUT2D eigenvalue weighted by atomic mass is 10.0. The van der Waals surface area contributed by atoms with Crippen molar-refractivity contribution in [3.63, 3.8) is 0 Å². The summed E-state index contributed by atoms with van der Waals surface area (Å²) in [6.07, 6.45) is 1.92. The number of halogens is 9. The summed E-state index contributed by atoms with van der Waals surface area (Å²) < 4.78 is 86.9. The van der Waals surface area contributed by atoms with E-state index in [-0.39, 0.29) is 81.1 Å². The van der Waals surface area contributed by atoms with Gasteiger partial charge in [-0.15, -0.1) is 0 Å². The monoisotopic (exact) mass is 928 g/mol. The molecule has 6 aromatic rings. The van der Waals surface area contributed by atoms with E-state index >= 15 is 0 Å². The van der Waals surface area contributed by atoms with Gasteiger partial charge in [-0.2, -0.15) is 15.5 Å². The fraction of sp³-hybridized carbons (Fsp3) is 0.250. The van der Waals surface area contributed by atoms with Gasteiger partial charge in [0.15, 0.2) is 46.3 Å². The van der Waals surface area contributed by atoms with E-state index in [9.17, 15) is 35.9 Å². The van der Waals surface area contributed by atoms with E-state index in [4.69, 9.17) is 45.8 Å². The molecule has 19 heteroatoms. The van der Waals surface area contributed by atoms with Gasteiger partial charge in [-0.1, -0.05) is 72.9 Å². The zero-order valence-corrected chi connectivity index (χ0v) is 36.1. The first-order valence-corrected chi connectivity index (χ1v) is 20.5. The fourth-order valence-electron chi connectivity index (χ4n) is 7.12. The van der Waals surface area contributed by atoms with Crippen molar-refractivity contribution >= 4 is 63.8 Å². The van der Waals surface area contributed by atoms with Gasteiger partial charge < -0.3 is 15.5 Å². The summed E-state index contributed by atoms with van der Waals surface area (Å²) >= 11 is 18.4.